The number of hydrogen-bond donors (Lipinski definition) is 3. The zero-order chi connectivity index (χ0) is 15.4. The van der Waals surface area contributed by atoms with Gasteiger partial charge in [0.1, 0.15) is 11.6 Å². The number of nitrogens with one attached hydrogen (secondary N) is 1. The van der Waals surface area contributed by atoms with Crippen molar-refractivity contribution in [3.63, 3.8) is 0 Å². The van der Waals surface area contributed by atoms with Crippen LogP contribution >= 0.6 is 0 Å². The predicted octanol–water partition coefficient (Wildman–Crippen LogP) is 1.97. The highest BCUT2D eigenvalue weighted by atomic mass is 19.1. The van der Waals surface area contributed by atoms with Crippen LogP contribution in [0.25, 0.3) is 0 Å². The molecule has 0 spiro atoms. The smallest absolute Gasteiger partial charge is 0.338 e. The third kappa shape index (κ3) is 3.99. The Labute approximate surface area is 114 Å². The maximum absolute atomic E-state index is 13.5. The molecule has 0 aliphatic carbocycles. The predicted molar refractivity (Wildman–Crippen MR) is 69.4 cm³/mol. The second-order valence-corrected chi connectivity index (χ2v) is 4.84. The van der Waals surface area contributed by atoms with E-state index in [9.17, 15) is 18.4 Å². The molecule has 0 saturated carbocycles. The summed E-state index contributed by atoms with van der Waals surface area (Å²) in [5, 5.41) is 10.9. The molecular weight excluding hydrogens is 270 g/mol. The lowest BCUT2D eigenvalue weighted by Gasteiger charge is -2.15. The lowest BCUT2D eigenvalue weighted by atomic mass is 10.0. The number of halogens is 2. The van der Waals surface area contributed by atoms with Gasteiger partial charge in [-0.05, 0) is 18.4 Å². The van der Waals surface area contributed by atoms with Crippen LogP contribution in [0.15, 0.2) is 12.1 Å². The van der Waals surface area contributed by atoms with Gasteiger partial charge in [0.05, 0.1) is 17.3 Å². The molecule has 0 radical (unpaired) electrons. The lowest BCUT2D eigenvalue weighted by Crippen LogP contribution is -2.36. The number of carbonyl (C=O) groups is 2. The Kier molecular flexibility index (Phi) is 5.15. The van der Waals surface area contributed by atoms with E-state index in [2.05, 4.69) is 5.32 Å². The summed E-state index contributed by atoms with van der Waals surface area (Å²) in [5.74, 6) is -4.30. The molecule has 1 atom stereocenters. The van der Waals surface area contributed by atoms with Gasteiger partial charge in [0.2, 0.25) is 5.91 Å². The van der Waals surface area contributed by atoms with Gasteiger partial charge in [0, 0.05) is 6.07 Å². The fourth-order valence-corrected chi connectivity index (χ4v) is 1.65. The van der Waals surface area contributed by atoms with E-state index in [4.69, 9.17) is 10.8 Å². The molecule has 0 fully saturated rings. The van der Waals surface area contributed by atoms with Crippen LogP contribution in [0, 0.1) is 17.6 Å². The van der Waals surface area contributed by atoms with E-state index in [1.54, 1.807) is 0 Å². The molecule has 110 valence electrons. The summed E-state index contributed by atoms with van der Waals surface area (Å²) < 4.78 is 26.7. The monoisotopic (exact) mass is 286 g/mol. The Morgan fingerprint density at radius 1 is 1.30 bits per heavy atom. The number of aromatic carboxylic acids is 1. The van der Waals surface area contributed by atoms with E-state index in [1.807, 2.05) is 13.8 Å². The summed E-state index contributed by atoms with van der Waals surface area (Å²) in [6, 6.07) is 0.285. The van der Waals surface area contributed by atoms with Gasteiger partial charge in [0.15, 0.2) is 0 Å². The van der Waals surface area contributed by atoms with Gasteiger partial charge in [-0.2, -0.15) is 0 Å². The van der Waals surface area contributed by atoms with E-state index in [1.165, 1.54) is 0 Å². The highest BCUT2D eigenvalue weighted by Crippen LogP contribution is 2.20. The quantitative estimate of drug-likeness (QED) is 0.771. The van der Waals surface area contributed by atoms with Crippen LogP contribution in [0.1, 0.15) is 30.6 Å². The Morgan fingerprint density at radius 3 is 2.40 bits per heavy atom. The molecule has 0 bridgehead atoms. The number of hydrogen-bond acceptors (Lipinski definition) is 3. The molecule has 4 N–H and O–H groups in total. The van der Waals surface area contributed by atoms with Crippen LogP contribution in [0.2, 0.25) is 0 Å². The Hall–Kier alpha value is -2.02. The van der Waals surface area contributed by atoms with Crippen LogP contribution in [0.3, 0.4) is 0 Å². The summed E-state index contributed by atoms with van der Waals surface area (Å²) in [6.45, 7) is 3.74. The van der Waals surface area contributed by atoms with Gasteiger partial charge in [-0.1, -0.05) is 13.8 Å². The molecule has 20 heavy (non-hydrogen) atoms. The number of rotatable bonds is 5. The summed E-state index contributed by atoms with van der Waals surface area (Å²) in [5.41, 5.74) is 4.49. The molecule has 1 amide bonds. The average Bonchev–Trinajstić information content (AvgIpc) is 2.30. The first kappa shape index (κ1) is 16.0. The highest BCUT2D eigenvalue weighted by Gasteiger charge is 2.20. The lowest BCUT2D eigenvalue weighted by molar-refractivity contribution is -0.117. The Balaban J connectivity index is 2.95. The van der Waals surface area contributed by atoms with Crippen LogP contribution in [0.5, 0.6) is 0 Å². The van der Waals surface area contributed by atoms with E-state index < -0.39 is 40.8 Å². The fourth-order valence-electron chi connectivity index (χ4n) is 1.65. The van der Waals surface area contributed by atoms with Gasteiger partial charge in [-0.15, -0.1) is 0 Å². The van der Waals surface area contributed by atoms with Crippen molar-refractivity contribution < 1.29 is 23.5 Å². The van der Waals surface area contributed by atoms with Crippen molar-refractivity contribution in [2.45, 2.75) is 26.3 Å². The van der Waals surface area contributed by atoms with Crippen molar-refractivity contribution in [3.05, 3.63) is 29.3 Å². The first-order chi connectivity index (χ1) is 9.22. The molecule has 0 heterocycles. The second kappa shape index (κ2) is 6.42. The average molecular weight is 286 g/mol. The van der Waals surface area contributed by atoms with Crippen LogP contribution in [-0.4, -0.2) is 23.0 Å². The summed E-state index contributed by atoms with van der Waals surface area (Å²) in [4.78, 5) is 22.5. The van der Waals surface area contributed by atoms with Crippen LogP contribution in [0.4, 0.5) is 14.5 Å². The van der Waals surface area contributed by atoms with E-state index in [0.717, 1.165) is 6.07 Å². The minimum Gasteiger partial charge on any atom is -0.478 e. The van der Waals surface area contributed by atoms with E-state index in [0.29, 0.717) is 12.5 Å². The number of carboxylic acids is 1. The van der Waals surface area contributed by atoms with Gasteiger partial charge in [-0.25, -0.2) is 13.6 Å². The minimum absolute atomic E-state index is 0.170. The number of anilines is 1. The van der Waals surface area contributed by atoms with Crippen molar-refractivity contribution in [1.29, 1.82) is 0 Å². The highest BCUT2D eigenvalue weighted by molar-refractivity contribution is 5.96. The Morgan fingerprint density at radius 2 is 1.90 bits per heavy atom. The maximum Gasteiger partial charge on any atom is 0.338 e. The Bertz CT molecular complexity index is 533. The molecule has 7 heteroatoms. The van der Waals surface area contributed by atoms with Crippen molar-refractivity contribution in [3.8, 4) is 0 Å². The van der Waals surface area contributed by atoms with Crippen LogP contribution in [-0.2, 0) is 4.79 Å². The molecular formula is C13H16F2N2O3. The molecule has 1 rings (SSSR count). The third-order valence-electron chi connectivity index (χ3n) is 2.61. The van der Waals surface area contributed by atoms with Crippen molar-refractivity contribution in [1.82, 2.24) is 0 Å². The maximum atomic E-state index is 13.5. The topological polar surface area (TPSA) is 92.4 Å². The SMILES string of the molecule is CC(C)C[C@H](N)C(=O)Nc1cc(C(=O)O)c(F)cc1F. The summed E-state index contributed by atoms with van der Waals surface area (Å²) in [7, 11) is 0. The van der Waals surface area contributed by atoms with Gasteiger partial charge in [0.25, 0.3) is 0 Å². The van der Waals surface area contributed by atoms with Crippen molar-refractivity contribution in [2.75, 3.05) is 5.32 Å². The van der Waals surface area contributed by atoms with Crippen LogP contribution < -0.4 is 11.1 Å². The number of nitrogens with two attached hydrogens (primary N) is 1. The number of carboxylic acid groups (broad SMARTS) is 1. The van der Waals surface area contributed by atoms with E-state index >= 15 is 0 Å². The van der Waals surface area contributed by atoms with Gasteiger partial charge >= 0.3 is 5.97 Å². The summed E-state index contributed by atoms with van der Waals surface area (Å²) in [6.07, 6.45) is 0.389. The van der Waals surface area contributed by atoms with E-state index in [-0.39, 0.29) is 5.92 Å². The molecule has 0 aliphatic heterocycles. The molecule has 0 aromatic heterocycles. The molecule has 0 unspecified atom stereocenters. The summed E-state index contributed by atoms with van der Waals surface area (Å²) >= 11 is 0. The zero-order valence-electron chi connectivity index (χ0n) is 11.1. The van der Waals surface area contributed by atoms with Gasteiger partial charge < -0.3 is 16.2 Å². The fraction of sp³-hybridized carbons (Fsp3) is 0.385. The van der Waals surface area contributed by atoms with Crippen molar-refractivity contribution in [2.24, 2.45) is 11.7 Å². The second-order valence-electron chi connectivity index (χ2n) is 4.84. The molecule has 0 saturated heterocycles. The number of carbonyl (C=O) groups excluding carboxylic acids is 1. The molecule has 0 aliphatic rings. The number of amides is 1. The minimum atomic E-state index is -1.55. The molecule has 1 aromatic carbocycles. The largest absolute Gasteiger partial charge is 0.478 e. The normalized spacial score (nSPS) is 12.3. The standard InChI is InChI=1S/C13H16F2N2O3/c1-6(2)3-10(16)12(18)17-11-4-7(13(19)20)8(14)5-9(11)15/h4-6,10H,3,16H2,1-2H3,(H,17,18)(H,19,20)/t10-/m0/s1. The zero-order valence-corrected chi connectivity index (χ0v) is 11.1. The first-order valence-electron chi connectivity index (χ1n) is 6.01. The molecule has 1 aromatic rings. The first-order valence-corrected chi connectivity index (χ1v) is 6.01. The molecule has 5 nitrogen and oxygen atoms in total. The van der Waals surface area contributed by atoms with Gasteiger partial charge in [-0.3, -0.25) is 4.79 Å². The third-order valence-corrected chi connectivity index (χ3v) is 2.61. The number of benzene rings is 1. The van der Waals surface area contributed by atoms with Crippen molar-refractivity contribution >= 4 is 17.6 Å².